The van der Waals surface area contributed by atoms with Crippen LogP contribution in [0.2, 0.25) is 0 Å². The van der Waals surface area contributed by atoms with Gasteiger partial charge < -0.3 is 9.47 Å². The number of nitrogens with one attached hydrogen (secondary N) is 2. The van der Waals surface area contributed by atoms with E-state index in [2.05, 4.69) is 15.8 Å². The highest BCUT2D eigenvalue weighted by Gasteiger charge is 2.32. The maximum Gasteiger partial charge on any atom is 0.414 e. The number of nitrogens with zero attached hydrogens (tertiary/aromatic N) is 2. The van der Waals surface area contributed by atoms with E-state index >= 15 is 0 Å². The minimum atomic E-state index is -0.548. The van der Waals surface area contributed by atoms with Gasteiger partial charge in [-0.15, -0.1) is 0 Å². The van der Waals surface area contributed by atoms with E-state index in [1.54, 1.807) is 6.07 Å². The van der Waals surface area contributed by atoms with Crippen molar-refractivity contribution in [2.24, 2.45) is 0 Å². The Morgan fingerprint density at radius 1 is 1.32 bits per heavy atom. The summed E-state index contributed by atoms with van der Waals surface area (Å²) in [5.41, 5.74) is 5.52. The second-order valence-corrected chi connectivity index (χ2v) is 7.04. The third kappa shape index (κ3) is 5.56. The Morgan fingerprint density at radius 2 is 2.11 bits per heavy atom. The molecule has 2 saturated heterocycles. The van der Waals surface area contributed by atoms with Crippen molar-refractivity contribution >= 4 is 17.7 Å². The van der Waals surface area contributed by atoms with Crippen LogP contribution < -0.4 is 20.5 Å². The van der Waals surface area contributed by atoms with Gasteiger partial charge in [-0.25, -0.2) is 14.6 Å². The van der Waals surface area contributed by atoms with Crippen LogP contribution in [0.5, 0.6) is 5.75 Å². The van der Waals surface area contributed by atoms with Crippen LogP contribution in [-0.2, 0) is 9.53 Å². The molecule has 2 heterocycles. The van der Waals surface area contributed by atoms with Gasteiger partial charge in [0.2, 0.25) is 5.91 Å². The summed E-state index contributed by atoms with van der Waals surface area (Å²) >= 11 is 0. The van der Waals surface area contributed by atoms with Gasteiger partial charge in [0.1, 0.15) is 12.7 Å². The smallest absolute Gasteiger partial charge is 0.414 e. The Labute approximate surface area is 163 Å². The molecule has 2 amide bonds. The van der Waals surface area contributed by atoms with Crippen LogP contribution in [-0.4, -0.2) is 62.3 Å². The summed E-state index contributed by atoms with van der Waals surface area (Å²) in [6.45, 7) is 5.25. The molecule has 0 aliphatic carbocycles. The van der Waals surface area contributed by atoms with Crippen LogP contribution in [0.25, 0.3) is 0 Å². The summed E-state index contributed by atoms with van der Waals surface area (Å²) in [6.07, 6.45) is 2.69. The van der Waals surface area contributed by atoms with E-state index in [9.17, 15) is 14.0 Å². The average molecular weight is 394 g/mol. The van der Waals surface area contributed by atoms with E-state index in [-0.39, 0.29) is 24.7 Å². The normalized spacial score (nSPS) is 20.1. The molecule has 1 atom stereocenters. The highest BCUT2D eigenvalue weighted by molar-refractivity contribution is 5.89. The number of cyclic esters (lactones) is 1. The van der Waals surface area contributed by atoms with Crippen LogP contribution in [0.15, 0.2) is 18.2 Å². The van der Waals surface area contributed by atoms with Crippen LogP contribution in [0.4, 0.5) is 14.9 Å². The molecular formula is C19H27FN4O4. The number of halogens is 1. The van der Waals surface area contributed by atoms with Crippen molar-refractivity contribution in [3.05, 3.63) is 24.0 Å². The second-order valence-electron chi connectivity index (χ2n) is 7.04. The number of likely N-dealkylation sites (tertiary alicyclic amines) is 1. The zero-order valence-corrected chi connectivity index (χ0v) is 16.1. The number of hydrogen-bond acceptors (Lipinski definition) is 6. The highest BCUT2D eigenvalue weighted by Crippen LogP contribution is 2.27. The third-order valence-corrected chi connectivity index (χ3v) is 4.81. The molecule has 3 rings (SSSR count). The molecule has 1 aromatic carbocycles. The summed E-state index contributed by atoms with van der Waals surface area (Å²) in [6, 6.07) is 4.46. The number of piperidine rings is 1. The lowest BCUT2D eigenvalue weighted by atomic mass is 10.1. The fraction of sp³-hybridized carbons (Fsp3) is 0.579. The van der Waals surface area contributed by atoms with Crippen LogP contribution in [0.3, 0.4) is 0 Å². The second kappa shape index (κ2) is 9.70. The lowest BCUT2D eigenvalue weighted by molar-refractivity contribution is -0.120. The summed E-state index contributed by atoms with van der Waals surface area (Å²) in [5, 5.41) is 0. The Hall–Kier alpha value is -2.39. The van der Waals surface area contributed by atoms with Gasteiger partial charge in [0, 0.05) is 19.5 Å². The number of benzene rings is 1. The van der Waals surface area contributed by atoms with Crippen molar-refractivity contribution in [3.8, 4) is 5.75 Å². The molecular weight excluding hydrogens is 367 g/mol. The number of carbonyl (C=O) groups excluding carboxylic acids is 2. The van der Waals surface area contributed by atoms with Gasteiger partial charge in [0.15, 0.2) is 11.6 Å². The van der Waals surface area contributed by atoms with Crippen molar-refractivity contribution in [3.63, 3.8) is 0 Å². The molecule has 154 valence electrons. The number of hydrazine groups is 1. The standard InChI is InChI=1S/C19H27FN4O4/c1-14(25)22-21-12-16-13-24(19(26)28-16)15-5-6-18(17(20)11-15)27-10-9-23-7-3-2-4-8-23/h5-6,11,16,21H,2-4,7-10,12-13H2,1H3,(H,22,25)/t16-/m0/s1. The van der Waals surface area contributed by atoms with Gasteiger partial charge in [-0.05, 0) is 38.1 Å². The molecule has 2 fully saturated rings. The minimum absolute atomic E-state index is 0.178. The first-order valence-electron chi connectivity index (χ1n) is 9.65. The Balaban J connectivity index is 1.50. The monoisotopic (exact) mass is 394 g/mol. The lowest BCUT2D eigenvalue weighted by Crippen LogP contribution is -2.41. The first-order chi connectivity index (χ1) is 13.5. The van der Waals surface area contributed by atoms with E-state index in [4.69, 9.17) is 9.47 Å². The molecule has 0 unspecified atom stereocenters. The fourth-order valence-corrected chi connectivity index (χ4v) is 3.37. The van der Waals surface area contributed by atoms with Crippen molar-refractivity contribution in [1.29, 1.82) is 0 Å². The van der Waals surface area contributed by atoms with Crippen LogP contribution in [0.1, 0.15) is 26.2 Å². The molecule has 2 N–H and O–H groups in total. The summed E-state index contributed by atoms with van der Waals surface area (Å²) < 4.78 is 25.2. The number of hydrogen-bond donors (Lipinski definition) is 2. The van der Waals surface area contributed by atoms with Gasteiger partial charge in [-0.3, -0.25) is 20.0 Å². The molecule has 0 radical (unpaired) electrons. The molecule has 1 aromatic rings. The topological polar surface area (TPSA) is 83.1 Å². The van der Waals surface area contributed by atoms with E-state index in [1.807, 2.05) is 0 Å². The summed E-state index contributed by atoms with van der Waals surface area (Å²) in [4.78, 5) is 26.6. The maximum absolute atomic E-state index is 14.4. The Bertz CT molecular complexity index is 697. The molecule has 0 spiro atoms. The highest BCUT2D eigenvalue weighted by atomic mass is 19.1. The van der Waals surface area contributed by atoms with Crippen molar-refractivity contribution < 1.29 is 23.5 Å². The molecule has 2 aliphatic rings. The maximum atomic E-state index is 14.4. The minimum Gasteiger partial charge on any atom is -0.489 e. The quantitative estimate of drug-likeness (QED) is 0.653. The van der Waals surface area contributed by atoms with E-state index in [0.29, 0.717) is 12.3 Å². The SMILES string of the molecule is CC(=O)NNC[C@H]1CN(c2ccc(OCCN3CCCCC3)c(F)c2)C(=O)O1. The van der Waals surface area contributed by atoms with Crippen molar-refractivity contribution in [1.82, 2.24) is 15.8 Å². The lowest BCUT2D eigenvalue weighted by Gasteiger charge is -2.26. The molecule has 0 bridgehead atoms. The average Bonchev–Trinajstić information content (AvgIpc) is 3.04. The zero-order valence-electron chi connectivity index (χ0n) is 16.1. The Kier molecular flexibility index (Phi) is 7.05. The molecule has 9 heteroatoms. The predicted molar refractivity (Wildman–Crippen MR) is 102 cm³/mol. The zero-order chi connectivity index (χ0) is 19.9. The largest absolute Gasteiger partial charge is 0.489 e. The number of ether oxygens (including phenoxy) is 2. The van der Waals surface area contributed by atoms with E-state index < -0.39 is 18.0 Å². The van der Waals surface area contributed by atoms with Crippen molar-refractivity contribution in [2.75, 3.05) is 44.2 Å². The molecule has 2 aliphatic heterocycles. The molecule has 0 aromatic heterocycles. The van der Waals surface area contributed by atoms with Gasteiger partial charge in [0.25, 0.3) is 0 Å². The van der Waals surface area contributed by atoms with Crippen molar-refractivity contribution in [2.45, 2.75) is 32.3 Å². The van der Waals surface area contributed by atoms with Gasteiger partial charge in [-0.2, -0.15) is 0 Å². The van der Waals surface area contributed by atoms with Gasteiger partial charge >= 0.3 is 6.09 Å². The number of rotatable bonds is 8. The third-order valence-electron chi connectivity index (χ3n) is 4.81. The fourth-order valence-electron chi connectivity index (χ4n) is 3.37. The number of amides is 2. The predicted octanol–water partition coefficient (Wildman–Crippen LogP) is 1.66. The Morgan fingerprint density at radius 3 is 2.82 bits per heavy atom. The van der Waals surface area contributed by atoms with Gasteiger partial charge in [-0.1, -0.05) is 6.42 Å². The van der Waals surface area contributed by atoms with Gasteiger partial charge in [0.05, 0.1) is 18.8 Å². The molecule has 0 saturated carbocycles. The number of anilines is 1. The van der Waals surface area contributed by atoms with E-state index in [1.165, 1.54) is 43.2 Å². The molecule has 8 nitrogen and oxygen atoms in total. The van der Waals surface area contributed by atoms with E-state index in [0.717, 1.165) is 19.6 Å². The summed E-state index contributed by atoms with van der Waals surface area (Å²) in [5.74, 6) is -0.569. The number of carbonyl (C=O) groups is 2. The van der Waals surface area contributed by atoms with Crippen LogP contribution >= 0.6 is 0 Å². The molecule has 28 heavy (non-hydrogen) atoms. The first-order valence-corrected chi connectivity index (χ1v) is 9.65. The first kappa shape index (κ1) is 20.3. The van der Waals surface area contributed by atoms with Crippen LogP contribution in [0, 0.1) is 5.82 Å². The summed E-state index contributed by atoms with van der Waals surface area (Å²) in [7, 11) is 0.